The van der Waals surface area contributed by atoms with E-state index in [4.69, 9.17) is 22.1 Å². The molecule has 0 aromatic heterocycles. The third-order valence-corrected chi connectivity index (χ3v) is 4.56. The number of nitrogens with two attached hydrogens (primary N) is 1. The maximum absolute atomic E-state index is 12.7. The number of piperazine rings is 1. The van der Waals surface area contributed by atoms with Gasteiger partial charge < -0.3 is 20.3 Å². The molecule has 2 aromatic carbocycles. The Morgan fingerprint density at radius 1 is 1.00 bits per heavy atom. The van der Waals surface area contributed by atoms with E-state index in [1.807, 2.05) is 29.2 Å². The Balaban J connectivity index is 1.58. The van der Waals surface area contributed by atoms with Gasteiger partial charge in [0.25, 0.3) is 11.8 Å². The molecule has 6 nitrogen and oxygen atoms in total. The number of primary amides is 1. The molecule has 1 fully saturated rings. The molecular weight excluding hydrogens is 354 g/mol. The van der Waals surface area contributed by atoms with E-state index in [0.717, 1.165) is 23.8 Å². The number of carbonyl (C=O) groups is 2. The second kappa shape index (κ2) is 8.10. The van der Waals surface area contributed by atoms with Crippen LogP contribution in [-0.2, 0) is 4.79 Å². The van der Waals surface area contributed by atoms with Crippen molar-refractivity contribution in [1.29, 1.82) is 0 Å². The third-order valence-electron chi connectivity index (χ3n) is 4.24. The molecule has 7 heteroatoms. The van der Waals surface area contributed by atoms with Crippen molar-refractivity contribution >= 4 is 29.1 Å². The van der Waals surface area contributed by atoms with Gasteiger partial charge in [0.15, 0.2) is 6.61 Å². The van der Waals surface area contributed by atoms with E-state index in [2.05, 4.69) is 4.90 Å². The number of carbonyl (C=O) groups excluding carboxylic acids is 2. The van der Waals surface area contributed by atoms with Gasteiger partial charge >= 0.3 is 0 Å². The molecule has 1 aliphatic heterocycles. The number of hydrogen-bond acceptors (Lipinski definition) is 4. The number of nitrogens with zero attached hydrogens (tertiary/aromatic N) is 2. The van der Waals surface area contributed by atoms with Gasteiger partial charge in [-0.25, -0.2) is 0 Å². The Hall–Kier alpha value is -2.73. The van der Waals surface area contributed by atoms with Crippen molar-refractivity contribution in [3.8, 4) is 5.75 Å². The minimum atomic E-state index is -0.540. The van der Waals surface area contributed by atoms with Crippen molar-refractivity contribution in [3.05, 3.63) is 59.1 Å². The fourth-order valence-corrected chi connectivity index (χ4v) is 3.14. The van der Waals surface area contributed by atoms with Crippen molar-refractivity contribution < 1.29 is 14.3 Å². The predicted octanol–water partition coefficient (Wildman–Crippen LogP) is 2.17. The number of amides is 2. The van der Waals surface area contributed by atoms with E-state index in [0.29, 0.717) is 24.4 Å². The van der Waals surface area contributed by atoms with Crippen LogP contribution in [0.5, 0.6) is 5.75 Å². The molecule has 1 aliphatic rings. The average Bonchev–Trinajstić information content (AvgIpc) is 2.67. The zero-order valence-electron chi connectivity index (χ0n) is 14.2. The van der Waals surface area contributed by atoms with Gasteiger partial charge in [0.1, 0.15) is 5.75 Å². The zero-order valence-corrected chi connectivity index (χ0v) is 15.0. The predicted molar refractivity (Wildman–Crippen MR) is 101 cm³/mol. The van der Waals surface area contributed by atoms with Crippen LogP contribution in [0.3, 0.4) is 0 Å². The largest absolute Gasteiger partial charge is 0.484 e. The third kappa shape index (κ3) is 4.26. The molecule has 0 unspecified atom stereocenters. The topological polar surface area (TPSA) is 75.9 Å². The van der Waals surface area contributed by atoms with Crippen molar-refractivity contribution in [2.75, 3.05) is 37.7 Å². The Morgan fingerprint density at radius 2 is 1.65 bits per heavy atom. The first-order chi connectivity index (χ1) is 12.5. The number of rotatable bonds is 5. The minimum Gasteiger partial charge on any atom is -0.484 e. The van der Waals surface area contributed by atoms with Crippen LogP contribution >= 0.6 is 11.6 Å². The van der Waals surface area contributed by atoms with E-state index in [9.17, 15) is 9.59 Å². The zero-order chi connectivity index (χ0) is 18.5. The smallest absolute Gasteiger partial charge is 0.255 e. The Morgan fingerprint density at radius 3 is 2.27 bits per heavy atom. The molecular formula is C19H20ClN3O3. The summed E-state index contributed by atoms with van der Waals surface area (Å²) in [7, 11) is 0. The van der Waals surface area contributed by atoms with Crippen LogP contribution in [0.25, 0.3) is 0 Å². The SMILES string of the molecule is NC(=O)COc1ccc(C(=O)N2CCN(c3ccccc3Cl)CC2)cc1. The second-order valence-corrected chi connectivity index (χ2v) is 6.42. The molecule has 0 spiro atoms. The molecule has 0 bridgehead atoms. The Bertz CT molecular complexity index is 787. The maximum Gasteiger partial charge on any atom is 0.255 e. The summed E-state index contributed by atoms with van der Waals surface area (Å²) in [6, 6.07) is 14.4. The fraction of sp³-hybridized carbons (Fsp3) is 0.263. The van der Waals surface area contributed by atoms with E-state index >= 15 is 0 Å². The van der Waals surface area contributed by atoms with E-state index < -0.39 is 5.91 Å². The van der Waals surface area contributed by atoms with Crippen LogP contribution in [0.15, 0.2) is 48.5 Å². The van der Waals surface area contributed by atoms with Crippen LogP contribution in [0.2, 0.25) is 5.02 Å². The number of para-hydroxylation sites is 1. The summed E-state index contributed by atoms with van der Waals surface area (Å²) in [5, 5.41) is 0.721. The molecule has 3 rings (SSSR count). The molecule has 1 heterocycles. The van der Waals surface area contributed by atoms with Crippen molar-refractivity contribution in [3.63, 3.8) is 0 Å². The van der Waals surface area contributed by atoms with Gasteiger partial charge in [-0.3, -0.25) is 9.59 Å². The van der Waals surface area contributed by atoms with E-state index in [-0.39, 0.29) is 12.5 Å². The standard InChI is InChI=1S/C19H20ClN3O3/c20-16-3-1-2-4-17(16)22-9-11-23(12-10-22)19(25)14-5-7-15(8-6-14)26-13-18(21)24/h1-8H,9-13H2,(H2,21,24). The van der Waals surface area contributed by atoms with Crippen LogP contribution in [0, 0.1) is 0 Å². The highest BCUT2D eigenvalue weighted by Crippen LogP contribution is 2.26. The average molecular weight is 374 g/mol. The van der Waals surface area contributed by atoms with Gasteiger partial charge in [-0.1, -0.05) is 23.7 Å². The molecule has 2 aromatic rings. The molecule has 0 aliphatic carbocycles. The maximum atomic E-state index is 12.7. The number of anilines is 1. The van der Waals surface area contributed by atoms with E-state index in [1.54, 1.807) is 24.3 Å². The second-order valence-electron chi connectivity index (χ2n) is 6.01. The lowest BCUT2D eigenvalue weighted by molar-refractivity contribution is -0.119. The first-order valence-electron chi connectivity index (χ1n) is 8.34. The highest BCUT2D eigenvalue weighted by molar-refractivity contribution is 6.33. The Kier molecular flexibility index (Phi) is 5.63. The summed E-state index contributed by atoms with van der Waals surface area (Å²) in [4.78, 5) is 27.4. The number of halogens is 1. The molecule has 2 N–H and O–H groups in total. The highest BCUT2D eigenvalue weighted by Gasteiger charge is 2.23. The first-order valence-corrected chi connectivity index (χ1v) is 8.72. The summed E-state index contributed by atoms with van der Waals surface area (Å²) in [5.74, 6) is -0.0595. The van der Waals surface area contributed by atoms with Gasteiger partial charge in [0, 0.05) is 31.7 Å². The van der Waals surface area contributed by atoms with Gasteiger partial charge in [-0.2, -0.15) is 0 Å². The van der Waals surface area contributed by atoms with Crippen LogP contribution in [-0.4, -0.2) is 49.5 Å². The number of ether oxygens (including phenoxy) is 1. The molecule has 0 saturated carbocycles. The summed E-state index contributed by atoms with van der Waals surface area (Å²) >= 11 is 6.25. The number of hydrogen-bond donors (Lipinski definition) is 1. The van der Waals surface area contributed by atoms with Crippen molar-refractivity contribution in [2.45, 2.75) is 0 Å². The normalized spacial score (nSPS) is 14.2. The summed E-state index contributed by atoms with van der Waals surface area (Å²) in [5.41, 5.74) is 6.62. The summed E-state index contributed by atoms with van der Waals surface area (Å²) in [6.07, 6.45) is 0. The molecule has 2 amide bonds. The minimum absolute atomic E-state index is 0.0229. The van der Waals surface area contributed by atoms with Crippen LogP contribution in [0.1, 0.15) is 10.4 Å². The molecule has 26 heavy (non-hydrogen) atoms. The highest BCUT2D eigenvalue weighted by atomic mass is 35.5. The lowest BCUT2D eigenvalue weighted by atomic mass is 10.1. The fourth-order valence-electron chi connectivity index (χ4n) is 2.89. The van der Waals surface area contributed by atoms with Crippen molar-refractivity contribution in [2.24, 2.45) is 5.73 Å². The molecule has 0 atom stereocenters. The molecule has 136 valence electrons. The molecule has 0 radical (unpaired) electrons. The molecule has 1 saturated heterocycles. The van der Waals surface area contributed by atoms with Gasteiger partial charge in [-0.05, 0) is 36.4 Å². The first kappa shape index (κ1) is 18.1. The quantitative estimate of drug-likeness (QED) is 0.871. The van der Waals surface area contributed by atoms with Crippen LogP contribution < -0.4 is 15.4 Å². The van der Waals surface area contributed by atoms with E-state index in [1.165, 1.54) is 0 Å². The lowest BCUT2D eigenvalue weighted by Crippen LogP contribution is -2.48. The Labute approximate surface area is 157 Å². The number of benzene rings is 2. The van der Waals surface area contributed by atoms with Gasteiger partial charge in [0.05, 0.1) is 10.7 Å². The van der Waals surface area contributed by atoms with Gasteiger partial charge in [-0.15, -0.1) is 0 Å². The lowest BCUT2D eigenvalue weighted by Gasteiger charge is -2.36. The van der Waals surface area contributed by atoms with Crippen molar-refractivity contribution in [1.82, 2.24) is 4.90 Å². The summed E-state index contributed by atoms with van der Waals surface area (Å²) in [6.45, 7) is 2.54. The van der Waals surface area contributed by atoms with Gasteiger partial charge in [0.2, 0.25) is 0 Å². The summed E-state index contributed by atoms with van der Waals surface area (Å²) < 4.78 is 5.20. The monoisotopic (exact) mass is 373 g/mol. The van der Waals surface area contributed by atoms with Crippen LogP contribution in [0.4, 0.5) is 5.69 Å².